The van der Waals surface area contributed by atoms with Crippen LogP contribution in [0.15, 0.2) is 225 Å². The molecule has 12 rings (SSSR count). The highest BCUT2D eigenvalue weighted by atomic mass is 15.2. The van der Waals surface area contributed by atoms with Crippen molar-refractivity contribution < 1.29 is 0 Å². The summed E-state index contributed by atoms with van der Waals surface area (Å²) in [7, 11) is 0. The molecule has 61 heavy (non-hydrogen) atoms. The Morgan fingerprint density at radius 1 is 0.426 bits per heavy atom. The fraction of sp³-hybridized carbons (Fsp3) is 0.0172. The lowest BCUT2D eigenvalue weighted by Gasteiger charge is -2.34. The molecule has 0 atom stereocenters. The fourth-order valence-electron chi connectivity index (χ4n) is 10.1. The number of para-hydroxylation sites is 2. The van der Waals surface area contributed by atoms with E-state index in [9.17, 15) is 0 Å². The van der Waals surface area contributed by atoms with Crippen LogP contribution in [0.2, 0.25) is 0 Å². The van der Waals surface area contributed by atoms with Crippen LogP contribution in [0.5, 0.6) is 0 Å². The van der Waals surface area contributed by atoms with Crippen LogP contribution in [0.3, 0.4) is 0 Å². The van der Waals surface area contributed by atoms with Gasteiger partial charge in [-0.3, -0.25) is 4.90 Å². The van der Waals surface area contributed by atoms with Crippen LogP contribution < -0.4 is 4.90 Å². The van der Waals surface area contributed by atoms with Gasteiger partial charge in [-0.05, 0) is 128 Å². The van der Waals surface area contributed by atoms with Crippen molar-refractivity contribution in [1.82, 2.24) is 9.55 Å². The maximum atomic E-state index is 4.83. The molecule has 1 aliphatic carbocycles. The molecule has 0 unspecified atom stereocenters. The molecule has 0 bridgehead atoms. The molecule has 0 fully saturated rings. The van der Waals surface area contributed by atoms with E-state index in [0.717, 1.165) is 28.3 Å². The predicted octanol–water partition coefficient (Wildman–Crippen LogP) is 14.8. The average Bonchev–Trinajstić information content (AvgIpc) is 3.82. The quantitative estimate of drug-likeness (QED) is 0.113. The highest BCUT2D eigenvalue weighted by Crippen LogP contribution is 2.57. The van der Waals surface area contributed by atoms with Gasteiger partial charge >= 0.3 is 0 Å². The second-order valence-corrected chi connectivity index (χ2v) is 16.0. The molecule has 0 saturated carbocycles. The SMILES string of the molecule is C(=Cc1cc2ccc3cccc4c3c2c(c1)n4-c1ccccc1)c1ccc2c(c1)C(c1ccccc1)(c1ccccc1)c1ccc(N(c3ccccc3)c3ccccn3)cc1-2. The zero-order valence-electron chi connectivity index (χ0n) is 33.4. The van der Waals surface area contributed by atoms with Gasteiger partial charge in [0.05, 0.1) is 16.4 Å². The monoisotopic (exact) mass is 777 g/mol. The predicted molar refractivity (Wildman–Crippen MR) is 255 cm³/mol. The Labute approximate surface area is 355 Å². The summed E-state index contributed by atoms with van der Waals surface area (Å²) >= 11 is 0. The van der Waals surface area contributed by atoms with Crippen molar-refractivity contribution >= 4 is 61.9 Å². The van der Waals surface area contributed by atoms with E-state index in [1.54, 1.807) is 0 Å². The number of hydrogen-bond acceptors (Lipinski definition) is 2. The molecule has 2 heterocycles. The molecule has 3 heteroatoms. The maximum absolute atomic E-state index is 4.83. The van der Waals surface area contributed by atoms with E-state index in [-0.39, 0.29) is 0 Å². The van der Waals surface area contributed by atoms with Crippen LogP contribution in [-0.2, 0) is 5.41 Å². The molecule has 0 N–H and O–H groups in total. The summed E-state index contributed by atoms with van der Waals surface area (Å²) < 4.78 is 2.42. The number of rotatable bonds is 8. The lowest BCUT2D eigenvalue weighted by atomic mass is 9.67. The van der Waals surface area contributed by atoms with E-state index < -0.39 is 5.41 Å². The van der Waals surface area contributed by atoms with E-state index in [1.807, 2.05) is 12.3 Å². The first kappa shape index (κ1) is 35.0. The number of pyridine rings is 1. The normalized spacial score (nSPS) is 13.0. The highest BCUT2D eigenvalue weighted by Gasteiger charge is 2.46. The van der Waals surface area contributed by atoms with Crippen LogP contribution >= 0.6 is 0 Å². The number of benzene rings is 9. The minimum atomic E-state index is -0.541. The third-order valence-electron chi connectivity index (χ3n) is 12.6. The lowest BCUT2D eigenvalue weighted by molar-refractivity contribution is 0.768. The van der Waals surface area contributed by atoms with Gasteiger partial charge in [-0.25, -0.2) is 4.98 Å². The van der Waals surface area contributed by atoms with Crippen LogP contribution in [0.4, 0.5) is 17.2 Å². The molecule has 0 amide bonds. The molecule has 2 aromatic heterocycles. The Morgan fingerprint density at radius 3 is 1.84 bits per heavy atom. The summed E-state index contributed by atoms with van der Waals surface area (Å²) in [6, 6.07) is 79.3. The molecule has 11 aromatic rings. The Kier molecular flexibility index (Phi) is 8.07. The van der Waals surface area contributed by atoms with Crippen LogP contribution in [0, 0.1) is 0 Å². The van der Waals surface area contributed by atoms with Gasteiger partial charge in [0.2, 0.25) is 0 Å². The fourth-order valence-corrected chi connectivity index (χ4v) is 10.1. The van der Waals surface area contributed by atoms with Gasteiger partial charge in [0.1, 0.15) is 5.82 Å². The molecule has 0 radical (unpaired) electrons. The van der Waals surface area contributed by atoms with E-state index in [1.165, 1.54) is 71.6 Å². The van der Waals surface area contributed by atoms with E-state index >= 15 is 0 Å². The highest BCUT2D eigenvalue weighted by molar-refractivity contribution is 6.24. The summed E-state index contributed by atoms with van der Waals surface area (Å²) in [4.78, 5) is 7.07. The second-order valence-electron chi connectivity index (χ2n) is 16.0. The topological polar surface area (TPSA) is 21.1 Å². The smallest absolute Gasteiger partial charge is 0.137 e. The first-order chi connectivity index (χ1) is 30.3. The molecular weight excluding hydrogens is 739 g/mol. The lowest BCUT2D eigenvalue weighted by Crippen LogP contribution is -2.28. The van der Waals surface area contributed by atoms with Crippen molar-refractivity contribution in [3.05, 3.63) is 258 Å². The zero-order valence-corrected chi connectivity index (χ0v) is 33.4. The average molecular weight is 778 g/mol. The van der Waals surface area contributed by atoms with E-state index in [2.05, 4.69) is 234 Å². The molecule has 286 valence electrons. The second kappa shape index (κ2) is 14.1. The molecule has 0 aliphatic heterocycles. The standard InChI is InChI=1S/C58H39N3/c1-5-17-44(18-6-1)58(45-19-7-2-8-20-45)51-34-32-48(60(46-21-9-3-10-22-46)55-26-13-14-35-59-55)39-50(51)49-33-29-40(37-52(49)58)27-28-41-36-43-31-30-42-16-15-25-53-56(42)57(43)54(38-41)61(53)47-23-11-4-12-24-47/h1-39H. The summed E-state index contributed by atoms with van der Waals surface area (Å²) in [6.45, 7) is 0. The Balaban J connectivity index is 1.05. The molecule has 3 nitrogen and oxygen atoms in total. The van der Waals surface area contributed by atoms with Gasteiger partial charge in [0.15, 0.2) is 0 Å². The summed E-state index contributed by atoms with van der Waals surface area (Å²) in [6.07, 6.45) is 6.43. The van der Waals surface area contributed by atoms with Crippen molar-refractivity contribution in [2.24, 2.45) is 0 Å². The maximum Gasteiger partial charge on any atom is 0.137 e. The van der Waals surface area contributed by atoms with Crippen LogP contribution in [-0.4, -0.2) is 9.55 Å². The molecule has 0 saturated heterocycles. The van der Waals surface area contributed by atoms with Gasteiger partial charge in [0, 0.05) is 34.0 Å². The summed E-state index contributed by atoms with van der Waals surface area (Å²) in [5.74, 6) is 0.872. The van der Waals surface area contributed by atoms with Crippen LogP contribution in [0.1, 0.15) is 33.4 Å². The minimum absolute atomic E-state index is 0.541. The van der Waals surface area contributed by atoms with Gasteiger partial charge < -0.3 is 4.57 Å². The Bertz CT molecular complexity index is 3310. The third kappa shape index (κ3) is 5.48. The van der Waals surface area contributed by atoms with Crippen molar-refractivity contribution in [2.75, 3.05) is 4.90 Å². The molecule has 1 aliphatic rings. The third-order valence-corrected chi connectivity index (χ3v) is 12.6. The van der Waals surface area contributed by atoms with Crippen LogP contribution in [0.25, 0.3) is 61.5 Å². The minimum Gasteiger partial charge on any atom is -0.309 e. The van der Waals surface area contributed by atoms with E-state index in [4.69, 9.17) is 4.98 Å². The number of fused-ring (bicyclic) bond motifs is 3. The van der Waals surface area contributed by atoms with E-state index in [0.29, 0.717) is 0 Å². The summed E-state index contributed by atoms with van der Waals surface area (Å²) in [5, 5.41) is 5.15. The summed E-state index contributed by atoms with van der Waals surface area (Å²) in [5.41, 5.74) is 15.0. The molecular formula is C58H39N3. The van der Waals surface area contributed by atoms with Gasteiger partial charge in [-0.15, -0.1) is 0 Å². The Hall–Kier alpha value is -8.01. The van der Waals surface area contributed by atoms with Gasteiger partial charge in [-0.1, -0.05) is 158 Å². The van der Waals surface area contributed by atoms with Gasteiger partial charge in [0.25, 0.3) is 0 Å². The van der Waals surface area contributed by atoms with Crippen molar-refractivity contribution in [3.8, 4) is 16.8 Å². The van der Waals surface area contributed by atoms with Gasteiger partial charge in [-0.2, -0.15) is 0 Å². The number of hydrogen-bond donors (Lipinski definition) is 0. The number of anilines is 3. The molecule has 0 spiro atoms. The first-order valence-electron chi connectivity index (χ1n) is 21.0. The first-order valence-corrected chi connectivity index (χ1v) is 21.0. The molecule has 9 aromatic carbocycles. The van der Waals surface area contributed by atoms with Crippen molar-refractivity contribution in [2.45, 2.75) is 5.41 Å². The van der Waals surface area contributed by atoms with Crippen molar-refractivity contribution in [1.29, 1.82) is 0 Å². The van der Waals surface area contributed by atoms with Crippen molar-refractivity contribution in [3.63, 3.8) is 0 Å². The Morgan fingerprint density at radius 2 is 1.10 bits per heavy atom. The number of nitrogens with zero attached hydrogens (tertiary/aromatic N) is 3. The number of aromatic nitrogens is 2. The zero-order chi connectivity index (χ0) is 40.3. The largest absolute Gasteiger partial charge is 0.309 e.